The van der Waals surface area contributed by atoms with E-state index in [-0.39, 0.29) is 32.7 Å². The van der Waals surface area contributed by atoms with E-state index in [1.165, 1.54) is 85.0 Å². The smallest absolute Gasteiger partial charge is 0.0600 e. The number of nitrogens with zero attached hydrogens (tertiary/aromatic N) is 2. The summed E-state index contributed by atoms with van der Waals surface area (Å²) in [6.07, 6.45) is 11.8. The number of nitrogens with two attached hydrogens (primary N) is 1. The average molecular weight is 611 g/mol. The maximum atomic E-state index is 7.16. The van der Waals surface area contributed by atoms with Gasteiger partial charge in [-0.3, -0.25) is 0 Å². The van der Waals surface area contributed by atoms with Crippen molar-refractivity contribution < 1.29 is 0 Å². The Kier molecular flexibility index (Phi) is 7.00. The molecule has 3 fully saturated rings. The minimum Gasteiger partial charge on any atom is -0.305 e. The fourth-order valence-corrected chi connectivity index (χ4v) is 12.8. The summed E-state index contributed by atoms with van der Waals surface area (Å²) in [5, 5.41) is 4.92. The summed E-state index contributed by atoms with van der Waals surface area (Å²) in [5.41, 5.74) is 12.8. The molecular weight excluding hydrogens is 548 g/mol. The first-order chi connectivity index (χ1) is 21.0. The Labute approximate surface area is 274 Å². The van der Waals surface area contributed by atoms with E-state index in [0.717, 1.165) is 24.8 Å². The fourth-order valence-electron chi connectivity index (χ4n) is 12.8. The highest BCUT2D eigenvalue weighted by Gasteiger charge is 2.66. The lowest BCUT2D eigenvalue weighted by Crippen LogP contribution is -2.75. The van der Waals surface area contributed by atoms with Crippen LogP contribution < -0.4 is 21.3 Å². The summed E-state index contributed by atoms with van der Waals surface area (Å²) < 4.78 is 0. The van der Waals surface area contributed by atoms with Crippen LogP contribution in [0.25, 0.3) is 0 Å². The average Bonchev–Trinajstić information content (AvgIpc) is 2.96. The molecule has 2 aromatic rings. The zero-order valence-electron chi connectivity index (χ0n) is 30.2. The molecule has 7 unspecified atom stereocenters. The van der Waals surface area contributed by atoms with Gasteiger partial charge in [-0.1, -0.05) is 109 Å². The summed E-state index contributed by atoms with van der Waals surface area (Å²) in [6, 6.07) is 14.3. The van der Waals surface area contributed by atoms with Crippen LogP contribution in [-0.4, -0.2) is 17.6 Å². The van der Waals surface area contributed by atoms with E-state index in [9.17, 15) is 0 Å². The van der Waals surface area contributed by atoms with Gasteiger partial charge in [0.2, 0.25) is 0 Å². The second kappa shape index (κ2) is 9.99. The summed E-state index contributed by atoms with van der Waals surface area (Å²) in [4.78, 5) is 0. The van der Waals surface area contributed by atoms with Gasteiger partial charge in [-0.25, -0.2) is 11.3 Å². The van der Waals surface area contributed by atoms with Crippen molar-refractivity contribution in [2.45, 2.75) is 149 Å². The topological polar surface area (TPSA) is 44.5 Å². The number of nitrogens with one attached hydrogen (secondary N) is 1. The van der Waals surface area contributed by atoms with Crippen LogP contribution in [-0.2, 0) is 10.8 Å². The van der Waals surface area contributed by atoms with E-state index >= 15 is 0 Å². The normalized spacial score (nSPS) is 39.7. The Morgan fingerprint density at radius 3 is 2.02 bits per heavy atom. The van der Waals surface area contributed by atoms with Gasteiger partial charge in [-0.15, -0.1) is 0 Å². The molecule has 2 heterocycles. The van der Waals surface area contributed by atoms with E-state index in [0.29, 0.717) is 5.92 Å². The minimum atomic E-state index is -0.0993. The van der Waals surface area contributed by atoms with E-state index in [1.54, 1.807) is 0 Å². The molecular formula is C41H62N4. The van der Waals surface area contributed by atoms with Gasteiger partial charge < -0.3 is 10.0 Å². The summed E-state index contributed by atoms with van der Waals surface area (Å²) >= 11 is 0. The molecule has 0 bridgehead atoms. The molecule has 2 aliphatic heterocycles. The van der Waals surface area contributed by atoms with Gasteiger partial charge in [0.05, 0.1) is 22.5 Å². The van der Waals surface area contributed by atoms with Crippen LogP contribution in [0.3, 0.4) is 0 Å². The van der Waals surface area contributed by atoms with Crippen molar-refractivity contribution in [3.05, 3.63) is 58.7 Å². The van der Waals surface area contributed by atoms with Crippen molar-refractivity contribution in [1.82, 2.24) is 5.43 Å². The molecule has 4 nitrogen and oxygen atoms in total. The van der Waals surface area contributed by atoms with E-state index in [2.05, 4.69) is 121 Å². The van der Waals surface area contributed by atoms with E-state index in [1.807, 2.05) is 0 Å². The van der Waals surface area contributed by atoms with Crippen LogP contribution in [0.15, 0.2) is 36.4 Å². The number of hydrazine groups is 2. The second-order valence-corrected chi connectivity index (χ2v) is 18.6. The molecule has 2 aromatic carbocycles. The molecule has 45 heavy (non-hydrogen) atoms. The molecule has 3 saturated carbocycles. The Bertz CT molecular complexity index is 1490. The van der Waals surface area contributed by atoms with Gasteiger partial charge in [0.25, 0.3) is 0 Å². The first-order valence-corrected chi connectivity index (χ1v) is 18.3. The number of hydrogen-bond donors (Lipinski definition) is 2. The molecule has 7 rings (SSSR count). The third kappa shape index (κ3) is 4.16. The van der Waals surface area contributed by atoms with Crippen LogP contribution in [0.2, 0.25) is 0 Å². The van der Waals surface area contributed by atoms with Gasteiger partial charge in [-0.2, -0.15) is 0 Å². The molecule has 4 heteroatoms. The number of benzene rings is 2. The number of hydrogen-bond acceptors (Lipinski definition) is 4. The number of aryl methyl sites for hydroxylation is 2. The van der Waals surface area contributed by atoms with Crippen LogP contribution >= 0.6 is 0 Å². The van der Waals surface area contributed by atoms with Crippen molar-refractivity contribution in [1.29, 1.82) is 0 Å². The highest BCUT2D eigenvalue weighted by atomic mass is 15.6. The summed E-state index contributed by atoms with van der Waals surface area (Å²) in [7, 11) is 0. The maximum Gasteiger partial charge on any atom is 0.0600 e. The second-order valence-electron chi connectivity index (χ2n) is 18.6. The van der Waals surface area contributed by atoms with Crippen LogP contribution in [0.1, 0.15) is 135 Å². The lowest BCUT2D eigenvalue weighted by atomic mass is 9.43. The van der Waals surface area contributed by atoms with Crippen LogP contribution in [0, 0.1) is 42.4 Å². The highest BCUT2D eigenvalue weighted by molar-refractivity contribution is 5.65. The standard InChI is InChI=1S/C41H62N4/c1-27-17-19-34-31(22-27)37(5,6)40(9)24-29-14-11-12-15-30(29)25-41(40,10)45(34)43-26-38(7)32-23-28(2)16-18-33(32)44(42)39(8)21-13-20-36(3,4)35(38)39/h16-19,22-23,29-30,35,43H,11-15,20-21,24-26,42H2,1-10H3. The van der Waals surface area contributed by atoms with Gasteiger partial charge in [-0.05, 0) is 105 Å². The first kappa shape index (κ1) is 31.6. The predicted molar refractivity (Wildman–Crippen MR) is 191 cm³/mol. The third-order valence-corrected chi connectivity index (χ3v) is 15.3. The highest BCUT2D eigenvalue weighted by Crippen LogP contribution is 2.67. The molecule has 0 saturated heterocycles. The van der Waals surface area contributed by atoms with Crippen molar-refractivity contribution in [2.24, 2.45) is 34.4 Å². The number of fused-ring (bicyclic) bond motifs is 5. The van der Waals surface area contributed by atoms with Crippen molar-refractivity contribution in [3.63, 3.8) is 0 Å². The van der Waals surface area contributed by atoms with Gasteiger partial charge in [0, 0.05) is 17.4 Å². The van der Waals surface area contributed by atoms with Gasteiger partial charge in [0.1, 0.15) is 0 Å². The zero-order valence-corrected chi connectivity index (χ0v) is 30.2. The molecule has 0 amide bonds. The molecule has 7 atom stereocenters. The lowest BCUT2D eigenvalue weighted by Gasteiger charge is -2.69. The molecule has 5 aliphatic rings. The molecule has 0 aromatic heterocycles. The van der Waals surface area contributed by atoms with Crippen molar-refractivity contribution >= 4 is 11.4 Å². The van der Waals surface area contributed by atoms with E-state index in [4.69, 9.17) is 5.84 Å². The number of anilines is 2. The molecule has 3 aliphatic carbocycles. The maximum absolute atomic E-state index is 7.16. The van der Waals surface area contributed by atoms with Gasteiger partial charge >= 0.3 is 0 Å². The fraction of sp³-hybridized carbons (Fsp3) is 0.707. The Hall–Kier alpha value is -2.04. The predicted octanol–water partition coefficient (Wildman–Crippen LogP) is 9.51. The molecule has 0 radical (unpaired) electrons. The zero-order chi connectivity index (χ0) is 32.4. The van der Waals surface area contributed by atoms with Crippen molar-refractivity contribution in [2.75, 3.05) is 16.6 Å². The first-order valence-electron chi connectivity index (χ1n) is 18.3. The largest absolute Gasteiger partial charge is 0.305 e. The summed E-state index contributed by atoms with van der Waals surface area (Å²) in [6.45, 7) is 25.9. The molecule has 246 valence electrons. The monoisotopic (exact) mass is 610 g/mol. The van der Waals surface area contributed by atoms with E-state index < -0.39 is 0 Å². The Morgan fingerprint density at radius 2 is 1.36 bits per heavy atom. The molecule has 0 spiro atoms. The molecule has 3 N–H and O–H groups in total. The Balaban J connectivity index is 1.38. The van der Waals surface area contributed by atoms with Crippen LogP contribution in [0.5, 0.6) is 0 Å². The minimum absolute atomic E-state index is 0.00299. The van der Waals surface area contributed by atoms with Crippen LogP contribution in [0.4, 0.5) is 11.4 Å². The quantitative estimate of drug-likeness (QED) is 0.340. The lowest BCUT2D eigenvalue weighted by molar-refractivity contribution is -0.0655. The summed E-state index contributed by atoms with van der Waals surface area (Å²) in [5.74, 6) is 9.25. The number of rotatable bonds is 3. The SMILES string of the molecule is Cc1ccc2c(c1)C(C)(CNN1c3ccc(C)cc3C(C)(C)C3(C)CC4CCCCC4CC13C)C1C(C)(C)CCCC1(C)N2N. The van der Waals surface area contributed by atoms with Crippen molar-refractivity contribution in [3.8, 4) is 0 Å². The van der Waals surface area contributed by atoms with Gasteiger partial charge in [0.15, 0.2) is 0 Å². The Morgan fingerprint density at radius 1 is 0.756 bits per heavy atom. The third-order valence-electron chi connectivity index (χ3n) is 15.3.